The van der Waals surface area contributed by atoms with E-state index < -0.39 is 11.0 Å². The molecule has 206 valence electrons. The van der Waals surface area contributed by atoms with Crippen LogP contribution in [0.1, 0.15) is 36.5 Å². The molecule has 0 heterocycles. The van der Waals surface area contributed by atoms with Gasteiger partial charge in [0.1, 0.15) is 11.8 Å². The summed E-state index contributed by atoms with van der Waals surface area (Å²) < 4.78 is 10.9. The lowest BCUT2D eigenvalue weighted by Gasteiger charge is -2.32. The van der Waals surface area contributed by atoms with E-state index in [1.54, 1.807) is 4.90 Å². The van der Waals surface area contributed by atoms with Crippen molar-refractivity contribution in [1.29, 1.82) is 0 Å². The number of benzene rings is 3. The average molecular weight is 534 g/mol. The summed E-state index contributed by atoms with van der Waals surface area (Å²) in [5.41, 5.74) is 2.64. The molecule has 0 saturated heterocycles. The Labute approximate surface area is 228 Å². The summed E-state index contributed by atoms with van der Waals surface area (Å²) in [7, 11) is 1.33. The highest BCUT2D eigenvalue weighted by molar-refractivity contribution is 5.88. The SMILES string of the molecule is CCCCNC(=O)C(Cc1ccccc1)N(Cc1ccccc1C)C(=O)COc1ccc([N+](=O)[O-])c(OC)c1. The fourth-order valence-electron chi connectivity index (χ4n) is 4.16. The van der Waals surface area contributed by atoms with Crippen molar-refractivity contribution in [3.63, 3.8) is 0 Å². The normalized spacial score (nSPS) is 11.4. The summed E-state index contributed by atoms with van der Waals surface area (Å²) in [4.78, 5) is 39.4. The summed E-state index contributed by atoms with van der Waals surface area (Å²) >= 11 is 0. The summed E-state index contributed by atoms with van der Waals surface area (Å²) in [6.07, 6.45) is 2.10. The molecule has 0 aromatic heterocycles. The Balaban J connectivity index is 1.91. The molecule has 0 spiro atoms. The first-order valence-corrected chi connectivity index (χ1v) is 12.9. The van der Waals surface area contributed by atoms with Gasteiger partial charge in [0.2, 0.25) is 11.7 Å². The van der Waals surface area contributed by atoms with Gasteiger partial charge in [-0.15, -0.1) is 0 Å². The molecular formula is C30H35N3O6. The van der Waals surface area contributed by atoms with Crippen LogP contribution < -0.4 is 14.8 Å². The number of methoxy groups -OCH3 is 1. The Hall–Kier alpha value is -4.40. The number of nitrogens with zero attached hydrogens (tertiary/aromatic N) is 2. The molecule has 0 saturated carbocycles. The van der Waals surface area contributed by atoms with Crippen molar-refractivity contribution in [2.75, 3.05) is 20.3 Å². The first-order chi connectivity index (χ1) is 18.8. The minimum Gasteiger partial charge on any atom is -0.490 e. The number of amides is 2. The maximum Gasteiger partial charge on any atom is 0.311 e. The quantitative estimate of drug-likeness (QED) is 0.180. The van der Waals surface area contributed by atoms with Crippen molar-refractivity contribution >= 4 is 17.5 Å². The van der Waals surface area contributed by atoms with Crippen molar-refractivity contribution in [1.82, 2.24) is 10.2 Å². The van der Waals surface area contributed by atoms with E-state index in [4.69, 9.17) is 9.47 Å². The molecule has 3 aromatic carbocycles. The Kier molecular flexibility index (Phi) is 10.9. The zero-order valence-corrected chi connectivity index (χ0v) is 22.6. The van der Waals surface area contributed by atoms with Gasteiger partial charge in [-0.1, -0.05) is 67.9 Å². The molecule has 0 fully saturated rings. The van der Waals surface area contributed by atoms with E-state index in [1.807, 2.05) is 68.4 Å². The zero-order valence-electron chi connectivity index (χ0n) is 22.6. The molecule has 1 N–H and O–H groups in total. The van der Waals surface area contributed by atoms with Crippen LogP contribution in [0.15, 0.2) is 72.8 Å². The number of unbranched alkanes of at least 4 members (excludes halogenated alkanes) is 1. The predicted octanol–water partition coefficient (Wildman–Crippen LogP) is 4.85. The van der Waals surface area contributed by atoms with E-state index in [9.17, 15) is 19.7 Å². The van der Waals surface area contributed by atoms with Crippen molar-refractivity contribution < 1.29 is 24.0 Å². The van der Waals surface area contributed by atoms with Gasteiger partial charge in [0.05, 0.1) is 12.0 Å². The van der Waals surface area contributed by atoms with Gasteiger partial charge in [-0.05, 0) is 36.1 Å². The summed E-state index contributed by atoms with van der Waals surface area (Å²) in [5.74, 6) is -0.346. The largest absolute Gasteiger partial charge is 0.490 e. The number of rotatable bonds is 14. The fraction of sp³-hybridized carbons (Fsp3) is 0.333. The number of hydrogen-bond donors (Lipinski definition) is 1. The van der Waals surface area contributed by atoms with Crippen LogP contribution in [0.25, 0.3) is 0 Å². The van der Waals surface area contributed by atoms with Crippen LogP contribution in [0.2, 0.25) is 0 Å². The third-order valence-electron chi connectivity index (χ3n) is 6.41. The minimum absolute atomic E-state index is 0.0268. The first-order valence-electron chi connectivity index (χ1n) is 12.9. The second-order valence-corrected chi connectivity index (χ2v) is 9.18. The van der Waals surface area contributed by atoms with Crippen LogP contribution in [0.5, 0.6) is 11.5 Å². The molecule has 1 unspecified atom stereocenters. The van der Waals surface area contributed by atoms with E-state index in [0.717, 1.165) is 29.5 Å². The first kappa shape index (κ1) is 29.2. The highest BCUT2D eigenvalue weighted by Gasteiger charge is 2.31. The smallest absolute Gasteiger partial charge is 0.311 e. The van der Waals surface area contributed by atoms with Gasteiger partial charge >= 0.3 is 5.69 Å². The number of carbonyl (C=O) groups excluding carboxylic acids is 2. The molecule has 0 bridgehead atoms. The van der Waals surface area contributed by atoms with Crippen molar-refractivity contribution in [3.8, 4) is 11.5 Å². The number of nitrogens with one attached hydrogen (secondary N) is 1. The lowest BCUT2D eigenvalue weighted by Crippen LogP contribution is -2.52. The molecular weight excluding hydrogens is 498 g/mol. The molecule has 0 aliphatic carbocycles. The Morgan fingerprint density at radius 1 is 1.05 bits per heavy atom. The van der Waals surface area contributed by atoms with Gasteiger partial charge in [0, 0.05) is 31.6 Å². The van der Waals surface area contributed by atoms with Crippen molar-refractivity contribution in [2.45, 2.75) is 45.7 Å². The summed E-state index contributed by atoms with van der Waals surface area (Å²) in [6.45, 7) is 4.39. The van der Waals surface area contributed by atoms with Crippen LogP contribution in [-0.4, -0.2) is 47.9 Å². The Morgan fingerprint density at radius 3 is 2.44 bits per heavy atom. The van der Waals surface area contributed by atoms with E-state index in [-0.39, 0.29) is 42.2 Å². The molecule has 0 aliphatic heterocycles. The zero-order chi connectivity index (χ0) is 28.2. The van der Waals surface area contributed by atoms with E-state index in [1.165, 1.54) is 25.3 Å². The lowest BCUT2D eigenvalue weighted by atomic mass is 10.0. The van der Waals surface area contributed by atoms with Crippen LogP contribution >= 0.6 is 0 Å². The fourth-order valence-corrected chi connectivity index (χ4v) is 4.16. The molecule has 1 atom stereocenters. The molecule has 0 aliphatic rings. The number of nitro benzene ring substituents is 1. The van der Waals surface area contributed by atoms with Crippen LogP contribution in [0.4, 0.5) is 5.69 Å². The second-order valence-electron chi connectivity index (χ2n) is 9.18. The highest BCUT2D eigenvalue weighted by atomic mass is 16.6. The van der Waals surface area contributed by atoms with Crippen molar-refractivity contribution in [3.05, 3.63) is 99.6 Å². The number of nitro groups is 1. The molecule has 9 nitrogen and oxygen atoms in total. The van der Waals surface area contributed by atoms with E-state index in [2.05, 4.69) is 5.32 Å². The average Bonchev–Trinajstić information content (AvgIpc) is 2.94. The minimum atomic E-state index is -0.772. The van der Waals surface area contributed by atoms with Gasteiger partial charge in [-0.25, -0.2) is 0 Å². The standard InChI is InChI=1S/C30H35N3O6/c1-4-5-17-31-30(35)27(18-23-12-7-6-8-13-23)32(20-24-14-10-9-11-22(24)2)29(34)21-39-25-15-16-26(33(36)37)28(19-25)38-3/h6-16,19,27H,4-5,17-18,20-21H2,1-3H3,(H,31,35). The van der Waals surface area contributed by atoms with E-state index >= 15 is 0 Å². The second kappa shape index (κ2) is 14.5. The molecule has 9 heteroatoms. The third-order valence-corrected chi connectivity index (χ3v) is 6.41. The summed E-state index contributed by atoms with van der Waals surface area (Å²) in [6, 6.07) is 20.6. The van der Waals surface area contributed by atoms with Gasteiger partial charge in [-0.3, -0.25) is 19.7 Å². The molecule has 3 rings (SSSR count). The molecule has 3 aromatic rings. The number of ether oxygens (including phenoxy) is 2. The maximum atomic E-state index is 13.7. The molecule has 0 radical (unpaired) electrons. The number of carbonyl (C=O) groups is 2. The Bertz CT molecular complexity index is 1260. The van der Waals surface area contributed by atoms with Crippen molar-refractivity contribution in [2.24, 2.45) is 0 Å². The monoisotopic (exact) mass is 533 g/mol. The van der Waals surface area contributed by atoms with Crippen LogP contribution in [-0.2, 0) is 22.6 Å². The lowest BCUT2D eigenvalue weighted by molar-refractivity contribution is -0.385. The maximum absolute atomic E-state index is 13.7. The highest BCUT2D eigenvalue weighted by Crippen LogP contribution is 2.31. The Morgan fingerprint density at radius 2 is 1.77 bits per heavy atom. The van der Waals surface area contributed by atoms with Gasteiger partial charge in [0.25, 0.3) is 5.91 Å². The van der Waals surface area contributed by atoms with Crippen LogP contribution in [0.3, 0.4) is 0 Å². The number of aryl methyl sites for hydroxylation is 1. The molecule has 39 heavy (non-hydrogen) atoms. The van der Waals surface area contributed by atoms with Gasteiger partial charge in [0.15, 0.2) is 6.61 Å². The van der Waals surface area contributed by atoms with Gasteiger partial charge in [-0.2, -0.15) is 0 Å². The number of hydrogen-bond acceptors (Lipinski definition) is 6. The van der Waals surface area contributed by atoms with E-state index in [0.29, 0.717) is 13.0 Å². The predicted molar refractivity (Wildman–Crippen MR) is 149 cm³/mol. The van der Waals surface area contributed by atoms with Crippen LogP contribution in [0, 0.1) is 17.0 Å². The third kappa shape index (κ3) is 8.29. The summed E-state index contributed by atoms with van der Waals surface area (Å²) in [5, 5.41) is 14.2. The molecule has 2 amide bonds. The van der Waals surface area contributed by atoms with Gasteiger partial charge < -0.3 is 19.7 Å². The topological polar surface area (TPSA) is 111 Å².